The third-order valence-corrected chi connectivity index (χ3v) is 5.61. The molecule has 4 heteroatoms. The lowest BCUT2D eigenvalue weighted by Crippen LogP contribution is -2.45. The fraction of sp³-hybridized carbons (Fsp3) is 0.786. The van der Waals surface area contributed by atoms with Crippen LogP contribution in [0.15, 0.2) is 5.51 Å². The highest BCUT2D eigenvalue weighted by Crippen LogP contribution is 2.30. The molecular weight excluding hydrogens is 242 g/mol. The van der Waals surface area contributed by atoms with Gasteiger partial charge in [0.1, 0.15) is 0 Å². The van der Waals surface area contributed by atoms with Crippen LogP contribution < -0.4 is 5.32 Å². The molecule has 2 aliphatic rings. The standard InChI is InChI=1S/C14H23N3S/c1-10-14(18-9-15-10)11(2)16-12-6-8-17-7-4-3-5-13(12)17/h9,11-13,16H,3-8H2,1-2H3. The van der Waals surface area contributed by atoms with E-state index < -0.39 is 0 Å². The van der Waals surface area contributed by atoms with Crippen LogP contribution in [0.2, 0.25) is 0 Å². The van der Waals surface area contributed by atoms with Crippen molar-refractivity contribution in [3.05, 3.63) is 16.1 Å². The van der Waals surface area contributed by atoms with Gasteiger partial charge in [0, 0.05) is 29.5 Å². The van der Waals surface area contributed by atoms with Crippen LogP contribution in [0.4, 0.5) is 0 Å². The molecule has 100 valence electrons. The summed E-state index contributed by atoms with van der Waals surface area (Å²) in [5.41, 5.74) is 3.16. The first-order valence-electron chi connectivity index (χ1n) is 7.16. The number of piperidine rings is 1. The van der Waals surface area contributed by atoms with Crippen molar-refractivity contribution >= 4 is 11.3 Å². The number of fused-ring (bicyclic) bond motifs is 1. The summed E-state index contributed by atoms with van der Waals surface area (Å²) in [6.45, 7) is 7.01. The lowest BCUT2D eigenvalue weighted by molar-refractivity contribution is 0.177. The van der Waals surface area contributed by atoms with Crippen LogP contribution >= 0.6 is 11.3 Å². The summed E-state index contributed by atoms with van der Waals surface area (Å²) in [5.74, 6) is 0. The van der Waals surface area contributed by atoms with Gasteiger partial charge < -0.3 is 5.32 Å². The Hall–Kier alpha value is -0.450. The number of nitrogens with zero attached hydrogens (tertiary/aromatic N) is 2. The van der Waals surface area contributed by atoms with E-state index in [9.17, 15) is 0 Å². The molecule has 0 aromatic carbocycles. The molecule has 0 amide bonds. The van der Waals surface area contributed by atoms with Crippen molar-refractivity contribution in [2.24, 2.45) is 0 Å². The molecule has 3 heterocycles. The molecule has 3 atom stereocenters. The zero-order valence-electron chi connectivity index (χ0n) is 11.4. The summed E-state index contributed by atoms with van der Waals surface area (Å²) >= 11 is 1.78. The highest BCUT2D eigenvalue weighted by atomic mass is 32.1. The van der Waals surface area contributed by atoms with Gasteiger partial charge in [-0.25, -0.2) is 4.98 Å². The summed E-state index contributed by atoms with van der Waals surface area (Å²) < 4.78 is 0. The van der Waals surface area contributed by atoms with Crippen molar-refractivity contribution in [1.82, 2.24) is 15.2 Å². The number of hydrogen-bond donors (Lipinski definition) is 1. The zero-order valence-corrected chi connectivity index (χ0v) is 12.2. The molecule has 0 bridgehead atoms. The second-order valence-corrected chi connectivity index (χ2v) is 6.57. The highest BCUT2D eigenvalue weighted by Gasteiger charge is 2.36. The van der Waals surface area contributed by atoms with E-state index in [1.807, 2.05) is 5.51 Å². The van der Waals surface area contributed by atoms with Crippen molar-refractivity contribution in [2.45, 2.75) is 57.7 Å². The molecule has 1 N–H and O–H groups in total. The number of thiazole rings is 1. The summed E-state index contributed by atoms with van der Waals surface area (Å²) in [4.78, 5) is 8.46. The number of rotatable bonds is 3. The van der Waals surface area contributed by atoms with E-state index in [1.54, 1.807) is 11.3 Å². The Bertz CT molecular complexity index is 403. The van der Waals surface area contributed by atoms with Crippen LogP contribution in [0.1, 0.15) is 49.2 Å². The molecule has 2 saturated heterocycles. The number of nitrogens with one attached hydrogen (secondary N) is 1. The fourth-order valence-electron chi connectivity index (χ4n) is 3.57. The van der Waals surface area contributed by atoms with Gasteiger partial charge in [0.2, 0.25) is 0 Å². The quantitative estimate of drug-likeness (QED) is 0.911. The predicted octanol–water partition coefficient (Wildman–Crippen LogP) is 2.73. The van der Waals surface area contributed by atoms with Gasteiger partial charge in [-0.2, -0.15) is 0 Å². The lowest BCUT2D eigenvalue weighted by atomic mass is 9.98. The van der Waals surface area contributed by atoms with E-state index in [0.717, 1.165) is 6.04 Å². The average molecular weight is 265 g/mol. The maximum atomic E-state index is 4.36. The summed E-state index contributed by atoms with van der Waals surface area (Å²) in [5, 5.41) is 3.85. The maximum Gasteiger partial charge on any atom is 0.0798 e. The van der Waals surface area contributed by atoms with Gasteiger partial charge >= 0.3 is 0 Å². The van der Waals surface area contributed by atoms with Crippen LogP contribution in [0, 0.1) is 6.92 Å². The minimum Gasteiger partial charge on any atom is -0.305 e. The van der Waals surface area contributed by atoms with E-state index in [4.69, 9.17) is 0 Å². The minimum atomic E-state index is 0.448. The Labute approximate surface area is 114 Å². The molecule has 3 rings (SSSR count). The molecule has 2 aliphatic heterocycles. The van der Waals surface area contributed by atoms with Crippen molar-refractivity contribution in [3.63, 3.8) is 0 Å². The first kappa shape index (κ1) is 12.6. The Kier molecular flexibility index (Phi) is 3.68. The molecule has 1 aromatic heterocycles. The van der Waals surface area contributed by atoms with E-state index in [2.05, 4.69) is 29.0 Å². The molecule has 1 aromatic rings. The molecule has 0 spiro atoms. The van der Waals surface area contributed by atoms with Crippen molar-refractivity contribution in [3.8, 4) is 0 Å². The summed E-state index contributed by atoms with van der Waals surface area (Å²) in [6, 6.07) is 1.92. The molecule has 2 fully saturated rings. The molecule has 3 unspecified atom stereocenters. The average Bonchev–Trinajstić information content (AvgIpc) is 2.97. The largest absolute Gasteiger partial charge is 0.305 e. The highest BCUT2D eigenvalue weighted by molar-refractivity contribution is 7.09. The van der Waals surface area contributed by atoms with Crippen LogP contribution in [0.5, 0.6) is 0 Å². The van der Waals surface area contributed by atoms with Gasteiger partial charge in [-0.15, -0.1) is 11.3 Å². The minimum absolute atomic E-state index is 0.448. The van der Waals surface area contributed by atoms with E-state index in [-0.39, 0.29) is 0 Å². The second-order valence-electron chi connectivity index (χ2n) is 5.68. The monoisotopic (exact) mass is 265 g/mol. The summed E-state index contributed by atoms with van der Waals surface area (Å²) in [6.07, 6.45) is 5.50. The Morgan fingerprint density at radius 2 is 2.28 bits per heavy atom. The van der Waals surface area contributed by atoms with Gasteiger partial charge in [0.15, 0.2) is 0 Å². The van der Waals surface area contributed by atoms with E-state index >= 15 is 0 Å². The van der Waals surface area contributed by atoms with Crippen LogP contribution in [-0.4, -0.2) is 35.1 Å². The Morgan fingerprint density at radius 1 is 1.39 bits per heavy atom. The molecule has 18 heavy (non-hydrogen) atoms. The third-order valence-electron chi connectivity index (χ3n) is 4.50. The fourth-order valence-corrected chi connectivity index (χ4v) is 4.38. The lowest BCUT2D eigenvalue weighted by Gasteiger charge is -2.33. The smallest absolute Gasteiger partial charge is 0.0798 e. The number of aromatic nitrogens is 1. The van der Waals surface area contributed by atoms with E-state index in [1.165, 1.54) is 49.3 Å². The van der Waals surface area contributed by atoms with Crippen LogP contribution in [0.3, 0.4) is 0 Å². The second kappa shape index (κ2) is 5.27. The first-order valence-corrected chi connectivity index (χ1v) is 8.04. The van der Waals surface area contributed by atoms with Crippen molar-refractivity contribution in [2.75, 3.05) is 13.1 Å². The van der Waals surface area contributed by atoms with Crippen molar-refractivity contribution < 1.29 is 0 Å². The van der Waals surface area contributed by atoms with E-state index in [0.29, 0.717) is 12.1 Å². The SMILES string of the molecule is Cc1ncsc1C(C)NC1CCN2CCCCC12. The Morgan fingerprint density at radius 3 is 3.06 bits per heavy atom. The molecule has 0 saturated carbocycles. The number of hydrogen-bond acceptors (Lipinski definition) is 4. The van der Waals surface area contributed by atoms with Gasteiger partial charge in [0.05, 0.1) is 11.2 Å². The maximum absolute atomic E-state index is 4.36. The summed E-state index contributed by atoms with van der Waals surface area (Å²) in [7, 11) is 0. The van der Waals surface area contributed by atoms with Crippen molar-refractivity contribution in [1.29, 1.82) is 0 Å². The topological polar surface area (TPSA) is 28.2 Å². The first-order chi connectivity index (χ1) is 8.75. The normalized spacial score (nSPS) is 30.3. The zero-order chi connectivity index (χ0) is 12.5. The molecule has 0 radical (unpaired) electrons. The van der Waals surface area contributed by atoms with Gasteiger partial charge in [-0.3, -0.25) is 4.90 Å². The van der Waals surface area contributed by atoms with Gasteiger partial charge in [-0.1, -0.05) is 6.42 Å². The molecule has 0 aliphatic carbocycles. The van der Waals surface area contributed by atoms with Gasteiger partial charge in [-0.05, 0) is 39.7 Å². The Balaban J connectivity index is 1.64. The third kappa shape index (κ3) is 2.33. The number of aryl methyl sites for hydroxylation is 1. The molecule has 3 nitrogen and oxygen atoms in total. The van der Waals surface area contributed by atoms with Crippen LogP contribution in [0.25, 0.3) is 0 Å². The molecular formula is C14H23N3S. The predicted molar refractivity (Wildman–Crippen MR) is 76.0 cm³/mol. The van der Waals surface area contributed by atoms with Gasteiger partial charge in [0.25, 0.3) is 0 Å². The van der Waals surface area contributed by atoms with Crippen LogP contribution in [-0.2, 0) is 0 Å².